The molecule has 0 aromatic carbocycles. The first-order valence-corrected chi connectivity index (χ1v) is 7.47. The number of hydrogen-bond donors (Lipinski definition) is 2. The molecule has 1 amide bonds. The van der Waals surface area contributed by atoms with Crippen LogP contribution in [0.3, 0.4) is 0 Å². The van der Waals surface area contributed by atoms with Crippen molar-refractivity contribution in [3.8, 4) is 5.88 Å². The number of carbonyl (C=O) groups is 1. The predicted octanol–water partition coefficient (Wildman–Crippen LogP) is 1.59. The number of fused-ring (bicyclic) bond motifs is 3. The van der Waals surface area contributed by atoms with E-state index in [1.807, 2.05) is 0 Å². The summed E-state index contributed by atoms with van der Waals surface area (Å²) in [5.74, 6) is 0.365. The van der Waals surface area contributed by atoms with Crippen LogP contribution in [0.4, 0.5) is 0 Å². The molecule has 2 aliphatic rings. The number of nitrogens with zero attached hydrogens (tertiary/aromatic N) is 1. The second kappa shape index (κ2) is 7.10. The summed E-state index contributed by atoms with van der Waals surface area (Å²) in [4.78, 5) is 16.6. The van der Waals surface area contributed by atoms with Gasteiger partial charge in [-0.25, -0.2) is 4.98 Å². The third-order valence-electron chi connectivity index (χ3n) is 3.37. The average Bonchev–Trinajstić information content (AvgIpc) is 2.57. The number of pyridine rings is 1. The van der Waals surface area contributed by atoms with Gasteiger partial charge in [0.05, 0.1) is 24.6 Å². The molecule has 0 radical (unpaired) electrons. The van der Waals surface area contributed by atoms with Gasteiger partial charge in [-0.1, -0.05) is 12.6 Å². The number of ether oxygens (including phenoxy) is 3. The quantitative estimate of drug-likeness (QED) is 0.755. The minimum absolute atomic E-state index is 0.219. The summed E-state index contributed by atoms with van der Waals surface area (Å²) in [7, 11) is 0. The molecule has 24 heavy (non-hydrogen) atoms. The Kier molecular flexibility index (Phi) is 4.72. The van der Waals surface area contributed by atoms with E-state index in [1.165, 1.54) is 6.08 Å². The lowest BCUT2D eigenvalue weighted by atomic mass is 10.0. The maximum Gasteiger partial charge on any atom is 0.274 e. The van der Waals surface area contributed by atoms with Gasteiger partial charge in [0, 0.05) is 12.1 Å². The van der Waals surface area contributed by atoms with Gasteiger partial charge in [0.25, 0.3) is 5.91 Å². The van der Waals surface area contributed by atoms with Gasteiger partial charge in [-0.3, -0.25) is 4.79 Å². The number of carbonyl (C=O) groups excluding carboxylic acids is 1. The van der Waals surface area contributed by atoms with Crippen molar-refractivity contribution in [3.05, 3.63) is 59.7 Å². The molecule has 1 aliphatic carbocycles. The van der Waals surface area contributed by atoms with Crippen molar-refractivity contribution in [2.75, 3.05) is 26.4 Å². The van der Waals surface area contributed by atoms with Crippen LogP contribution in [0.15, 0.2) is 54.0 Å². The van der Waals surface area contributed by atoms with E-state index in [4.69, 9.17) is 19.6 Å². The molecule has 0 saturated heterocycles. The summed E-state index contributed by atoms with van der Waals surface area (Å²) in [5.41, 5.74) is 1.38. The fraction of sp³-hybridized carbons (Fsp3) is 0.235. The molecular formula is C17H17N3O4. The van der Waals surface area contributed by atoms with Crippen molar-refractivity contribution in [3.63, 3.8) is 0 Å². The van der Waals surface area contributed by atoms with Crippen LogP contribution in [-0.2, 0) is 9.47 Å². The Morgan fingerprint density at radius 2 is 1.92 bits per heavy atom. The van der Waals surface area contributed by atoms with Crippen molar-refractivity contribution in [1.82, 2.24) is 10.3 Å². The van der Waals surface area contributed by atoms with E-state index in [-0.39, 0.29) is 11.4 Å². The Balaban J connectivity index is 1.89. The Hall–Kier alpha value is -2.93. The van der Waals surface area contributed by atoms with Gasteiger partial charge in [0.15, 0.2) is 0 Å². The monoisotopic (exact) mass is 327 g/mol. The average molecular weight is 327 g/mol. The molecule has 7 nitrogen and oxygen atoms in total. The van der Waals surface area contributed by atoms with Crippen molar-refractivity contribution in [1.29, 1.82) is 5.41 Å². The molecule has 124 valence electrons. The minimum atomic E-state index is -0.393. The topological polar surface area (TPSA) is 93.5 Å². The summed E-state index contributed by atoms with van der Waals surface area (Å²) in [5, 5.41) is 10.6. The van der Waals surface area contributed by atoms with E-state index in [0.717, 1.165) is 0 Å². The highest BCUT2D eigenvalue weighted by molar-refractivity contribution is 6.10. The zero-order valence-corrected chi connectivity index (χ0v) is 13.0. The van der Waals surface area contributed by atoms with E-state index in [1.54, 1.807) is 24.3 Å². The molecule has 1 aliphatic heterocycles. The Labute approximate surface area is 139 Å². The molecule has 0 saturated carbocycles. The van der Waals surface area contributed by atoms with Crippen LogP contribution in [0.2, 0.25) is 0 Å². The minimum Gasteiger partial charge on any atom is -0.489 e. The van der Waals surface area contributed by atoms with Crippen LogP contribution in [0.1, 0.15) is 10.5 Å². The number of allylic oxidation sites excluding steroid dienone is 3. The molecule has 0 atom stereocenters. The number of aromatic nitrogens is 1. The second-order valence-corrected chi connectivity index (χ2v) is 5.13. The fourth-order valence-corrected chi connectivity index (χ4v) is 2.17. The van der Waals surface area contributed by atoms with Gasteiger partial charge in [-0.2, -0.15) is 0 Å². The molecule has 0 unspecified atom stereocenters. The van der Waals surface area contributed by atoms with Crippen LogP contribution >= 0.6 is 0 Å². The third kappa shape index (κ3) is 3.69. The van der Waals surface area contributed by atoms with E-state index in [9.17, 15) is 4.79 Å². The molecule has 2 N–H and O–H groups in total. The number of nitrogens with one attached hydrogen (secondary N) is 2. The van der Waals surface area contributed by atoms with Gasteiger partial charge in [-0.05, 0) is 17.7 Å². The van der Waals surface area contributed by atoms with Crippen molar-refractivity contribution in [2.24, 2.45) is 0 Å². The molecule has 2 heterocycles. The first kappa shape index (κ1) is 15.9. The van der Waals surface area contributed by atoms with Crippen LogP contribution in [0.25, 0.3) is 0 Å². The fourth-order valence-electron chi connectivity index (χ4n) is 2.17. The first-order valence-electron chi connectivity index (χ1n) is 7.47. The molecule has 1 aromatic heterocycles. The summed E-state index contributed by atoms with van der Waals surface area (Å²) in [6, 6.07) is 4.97. The Morgan fingerprint density at radius 3 is 2.75 bits per heavy atom. The zero-order valence-electron chi connectivity index (χ0n) is 13.0. The lowest BCUT2D eigenvalue weighted by Gasteiger charge is -2.20. The highest BCUT2D eigenvalue weighted by Crippen LogP contribution is 2.19. The van der Waals surface area contributed by atoms with Gasteiger partial charge in [-0.15, -0.1) is 0 Å². The van der Waals surface area contributed by atoms with Crippen molar-refractivity contribution < 1.29 is 19.0 Å². The normalized spacial score (nSPS) is 18.9. The zero-order chi connectivity index (χ0) is 16.9. The summed E-state index contributed by atoms with van der Waals surface area (Å²) in [6.07, 6.45) is 3.12. The van der Waals surface area contributed by atoms with Crippen LogP contribution in [-0.4, -0.2) is 43.0 Å². The second-order valence-electron chi connectivity index (χ2n) is 5.13. The van der Waals surface area contributed by atoms with Crippen LogP contribution in [0.5, 0.6) is 5.88 Å². The Bertz CT molecular complexity index is 752. The Morgan fingerprint density at radius 1 is 1.12 bits per heavy atom. The van der Waals surface area contributed by atoms with E-state index in [2.05, 4.69) is 16.9 Å². The highest BCUT2D eigenvalue weighted by Gasteiger charge is 2.19. The molecule has 0 fully saturated rings. The number of hydrogen-bond acceptors (Lipinski definition) is 6. The molecule has 3 rings (SSSR count). The van der Waals surface area contributed by atoms with E-state index in [0.29, 0.717) is 49.3 Å². The van der Waals surface area contributed by atoms with Gasteiger partial charge in [0.2, 0.25) is 5.88 Å². The van der Waals surface area contributed by atoms with Gasteiger partial charge in [0.1, 0.15) is 24.7 Å². The smallest absolute Gasteiger partial charge is 0.274 e. The van der Waals surface area contributed by atoms with E-state index >= 15 is 0 Å². The lowest BCUT2D eigenvalue weighted by Crippen LogP contribution is -2.28. The van der Waals surface area contributed by atoms with Gasteiger partial charge >= 0.3 is 0 Å². The van der Waals surface area contributed by atoms with Gasteiger partial charge < -0.3 is 24.9 Å². The molecule has 0 spiro atoms. The SMILES string of the molecule is C=C1C=C2NC(=O)c3cccc(n3)OCCOCCOC2=CC1=N. The predicted molar refractivity (Wildman–Crippen MR) is 87.0 cm³/mol. The molecule has 1 aromatic rings. The van der Waals surface area contributed by atoms with Crippen LogP contribution < -0.4 is 10.1 Å². The summed E-state index contributed by atoms with van der Waals surface area (Å²) in [6.45, 7) is 5.15. The number of rotatable bonds is 0. The first-order chi connectivity index (χ1) is 11.6. The summed E-state index contributed by atoms with van der Waals surface area (Å²) < 4.78 is 16.5. The molecule has 7 heteroatoms. The molecule has 2 bridgehead atoms. The van der Waals surface area contributed by atoms with Crippen molar-refractivity contribution >= 4 is 11.6 Å². The maximum absolute atomic E-state index is 12.4. The maximum atomic E-state index is 12.4. The third-order valence-corrected chi connectivity index (χ3v) is 3.37. The lowest BCUT2D eigenvalue weighted by molar-refractivity contribution is 0.0580. The highest BCUT2D eigenvalue weighted by atomic mass is 16.5. The number of amides is 1. The largest absolute Gasteiger partial charge is 0.489 e. The standard InChI is InChI=1S/C17H17N3O4/c1-11-9-14-15(10-12(11)18)23-7-5-22-6-8-24-16-4-2-3-13(19-16)17(21)20-14/h2-4,9-10,18H,1,5-8H2,(H,20,21). The van der Waals surface area contributed by atoms with Crippen LogP contribution in [0, 0.1) is 5.41 Å². The molecular weight excluding hydrogens is 310 g/mol. The summed E-state index contributed by atoms with van der Waals surface area (Å²) >= 11 is 0. The van der Waals surface area contributed by atoms with E-state index < -0.39 is 5.91 Å². The van der Waals surface area contributed by atoms with Crippen molar-refractivity contribution in [2.45, 2.75) is 0 Å².